The molecule has 0 bridgehead atoms. The summed E-state index contributed by atoms with van der Waals surface area (Å²) in [5, 5.41) is 10.2. The van der Waals surface area contributed by atoms with Crippen LogP contribution in [0.2, 0.25) is 0 Å². The second-order valence-electron chi connectivity index (χ2n) is 14.9. The number of rotatable bonds is 4. The van der Waals surface area contributed by atoms with Crippen molar-refractivity contribution in [3.63, 3.8) is 0 Å². The fraction of sp³-hybridized carbons (Fsp3) is 0.0600. The minimum absolute atomic E-state index is 0.243. The topological polar surface area (TPSA) is 41.9 Å². The molecule has 7 aromatic carbocycles. The fourth-order valence-corrected chi connectivity index (χ4v) is 8.88. The van der Waals surface area contributed by atoms with Gasteiger partial charge in [0.25, 0.3) is 0 Å². The number of nitrogens with zero attached hydrogens (tertiary/aromatic N) is 4. The summed E-state index contributed by atoms with van der Waals surface area (Å²) in [5.41, 5.74) is 10.6. The average molecular weight is 691 g/mol. The first kappa shape index (κ1) is 30.7. The monoisotopic (exact) mass is 690 g/mol. The molecule has 0 radical (unpaired) electrons. The molecule has 0 N–H and O–H groups in total. The van der Waals surface area contributed by atoms with E-state index in [1.54, 1.807) is 0 Å². The third-order valence-corrected chi connectivity index (χ3v) is 11.6. The number of hydrogen-bond donors (Lipinski definition) is 0. The van der Waals surface area contributed by atoms with Gasteiger partial charge in [0.05, 0.1) is 5.69 Å². The molecule has 3 aromatic heterocycles. The lowest BCUT2D eigenvalue weighted by Crippen LogP contribution is -2.31. The van der Waals surface area contributed by atoms with Crippen LogP contribution < -0.4 is 4.90 Å². The van der Waals surface area contributed by atoms with Crippen LogP contribution in [-0.2, 0) is 5.41 Å². The van der Waals surface area contributed by atoms with Crippen molar-refractivity contribution in [3.05, 3.63) is 182 Å². The highest BCUT2D eigenvalue weighted by atomic mass is 15.2. The van der Waals surface area contributed by atoms with E-state index in [0.717, 1.165) is 17.3 Å². The Labute approximate surface area is 313 Å². The number of anilines is 3. The molecule has 4 nitrogen and oxygen atoms in total. The summed E-state index contributed by atoms with van der Waals surface area (Å²) in [4.78, 5) is 16.0. The van der Waals surface area contributed by atoms with Crippen molar-refractivity contribution in [2.24, 2.45) is 0 Å². The van der Waals surface area contributed by atoms with Crippen molar-refractivity contribution in [2.45, 2.75) is 19.3 Å². The molecule has 0 aliphatic carbocycles. The van der Waals surface area contributed by atoms with Gasteiger partial charge in [0.15, 0.2) is 0 Å². The van der Waals surface area contributed by atoms with Gasteiger partial charge in [-0.1, -0.05) is 105 Å². The van der Waals surface area contributed by atoms with Crippen LogP contribution in [0.1, 0.15) is 25.0 Å². The van der Waals surface area contributed by atoms with Gasteiger partial charge in [-0.25, -0.2) is 9.97 Å². The first-order chi connectivity index (χ1) is 26.5. The van der Waals surface area contributed by atoms with E-state index in [1.165, 1.54) is 87.6 Å². The lowest BCUT2D eigenvalue weighted by atomic mass is 9.74. The molecule has 254 valence electrons. The Bertz CT molecular complexity index is 3080. The largest absolute Gasteiger partial charge is 0.278 e. The van der Waals surface area contributed by atoms with Crippen LogP contribution in [0.3, 0.4) is 0 Å². The maximum Gasteiger partial charge on any atom is 0.142 e. The van der Waals surface area contributed by atoms with Crippen LogP contribution in [0.25, 0.3) is 76.5 Å². The summed E-state index contributed by atoms with van der Waals surface area (Å²) < 4.78 is 0. The van der Waals surface area contributed by atoms with E-state index >= 15 is 0 Å². The van der Waals surface area contributed by atoms with Crippen LogP contribution in [0.4, 0.5) is 17.3 Å². The zero-order valence-electron chi connectivity index (χ0n) is 30.0. The van der Waals surface area contributed by atoms with Gasteiger partial charge in [-0.15, -0.1) is 0 Å². The van der Waals surface area contributed by atoms with E-state index in [-0.39, 0.29) is 5.41 Å². The van der Waals surface area contributed by atoms with E-state index < -0.39 is 0 Å². The van der Waals surface area contributed by atoms with E-state index in [4.69, 9.17) is 9.97 Å². The van der Waals surface area contributed by atoms with Crippen molar-refractivity contribution in [2.75, 3.05) is 4.90 Å². The third-order valence-electron chi connectivity index (χ3n) is 11.6. The summed E-state index contributed by atoms with van der Waals surface area (Å²) in [6.45, 7) is 4.60. The predicted octanol–water partition coefficient (Wildman–Crippen LogP) is 13.0. The summed E-state index contributed by atoms with van der Waals surface area (Å²) in [6.07, 6.45) is 7.46. The van der Waals surface area contributed by atoms with Gasteiger partial charge in [0, 0.05) is 35.8 Å². The van der Waals surface area contributed by atoms with Crippen LogP contribution in [0, 0.1) is 0 Å². The molecule has 4 heteroatoms. The van der Waals surface area contributed by atoms with Crippen LogP contribution in [0.15, 0.2) is 170 Å². The number of aromatic nitrogens is 3. The molecule has 0 saturated carbocycles. The molecule has 0 spiro atoms. The first-order valence-electron chi connectivity index (χ1n) is 18.5. The Hall–Kier alpha value is -6.91. The molecule has 4 heterocycles. The van der Waals surface area contributed by atoms with Crippen molar-refractivity contribution in [1.29, 1.82) is 0 Å². The highest BCUT2D eigenvalue weighted by Crippen LogP contribution is 2.51. The standard InChI is InChI=1S/C50H34N4/c1-50(2)43-6-5-25-53-49(43)54(46-7-3-4-24-52-46)45-21-16-37(30-44(45)50)35-8-9-36-29-38(11-10-34(36)28-35)40-18-13-33-14-19-41-39(31-22-26-51-27-23-31)17-12-32-15-20-42(40)48(33)47(32)41/h3-30H,1-2H3. The summed E-state index contributed by atoms with van der Waals surface area (Å²) >= 11 is 0. The molecule has 1 aliphatic heterocycles. The zero-order valence-corrected chi connectivity index (χ0v) is 30.0. The molecule has 0 unspecified atom stereocenters. The van der Waals surface area contributed by atoms with E-state index in [1.807, 2.05) is 43.0 Å². The summed E-state index contributed by atoms with van der Waals surface area (Å²) in [7, 11) is 0. The second-order valence-corrected chi connectivity index (χ2v) is 14.9. The predicted molar refractivity (Wildman–Crippen MR) is 224 cm³/mol. The van der Waals surface area contributed by atoms with E-state index in [0.29, 0.717) is 0 Å². The van der Waals surface area contributed by atoms with Crippen molar-refractivity contribution in [1.82, 2.24) is 15.0 Å². The third kappa shape index (κ3) is 4.53. The van der Waals surface area contributed by atoms with Gasteiger partial charge in [-0.05, 0) is 137 Å². The van der Waals surface area contributed by atoms with Gasteiger partial charge in [0.1, 0.15) is 11.6 Å². The Morgan fingerprint density at radius 1 is 0.444 bits per heavy atom. The molecule has 11 rings (SSSR count). The van der Waals surface area contributed by atoms with Gasteiger partial charge < -0.3 is 0 Å². The Balaban J connectivity index is 1.00. The second kappa shape index (κ2) is 11.5. The van der Waals surface area contributed by atoms with Crippen molar-refractivity contribution >= 4 is 60.4 Å². The number of fused-ring (bicyclic) bond motifs is 3. The lowest BCUT2D eigenvalue weighted by molar-refractivity contribution is 0.627. The van der Waals surface area contributed by atoms with E-state index in [2.05, 4.69) is 151 Å². The van der Waals surface area contributed by atoms with E-state index in [9.17, 15) is 0 Å². The normalized spacial score (nSPS) is 13.5. The quantitative estimate of drug-likeness (QED) is 0.172. The molecule has 1 aliphatic rings. The fourth-order valence-electron chi connectivity index (χ4n) is 8.88. The number of benzene rings is 7. The van der Waals surface area contributed by atoms with Gasteiger partial charge in [0.2, 0.25) is 0 Å². The van der Waals surface area contributed by atoms with Crippen molar-refractivity contribution < 1.29 is 0 Å². The molecule has 0 amide bonds. The molecular weight excluding hydrogens is 657 g/mol. The zero-order chi connectivity index (χ0) is 36.0. The van der Waals surface area contributed by atoms with Crippen LogP contribution in [-0.4, -0.2) is 15.0 Å². The SMILES string of the molecule is CC1(C)c2cc(-c3ccc4cc(-c5ccc6ccc7c(-c8ccncc8)ccc8ccc5c6c87)ccc4c3)ccc2N(c2ccccn2)c2ncccc21. The number of hydrogen-bond acceptors (Lipinski definition) is 4. The highest BCUT2D eigenvalue weighted by molar-refractivity contribution is 6.27. The Kier molecular flexibility index (Phi) is 6.56. The molecule has 10 aromatic rings. The van der Waals surface area contributed by atoms with Crippen LogP contribution >= 0.6 is 0 Å². The Morgan fingerprint density at radius 3 is 1.78 bits per heavy atom. The van der Waals surface area contributed by atoms with Gasteiger partial charge in [-0.2, -0.15) is 0 Å². The summed E-state index contributed by atoms with van der Waals surface area (Å²) in [5.74, 6) is 1.80. The Morgan fingerprint density at radius 2 is 1.06 bits per heavy atom. The minimum atomic E-state index is -0.243. The van der Waals surface area contributed by atoms with Crippen molar-refractivity contribution in [3.8, 4) is 33.4 Å². The molecule has 0 atom stereocenters. The highest BCUT2D eigenvalue weighted by Gasteiger charge is 2.38. The minimum Gasteiger partial charge on any atom is -0.278 e. The van der Waals surface area contributed by atoms with Gasteiger partial charge in [-0.3, -0.25) is 9.88 Å². The maximum atomic E-state index is 4.85. The lowest BCUT2D eigenvalue weighted by Gasteiger charge is -2.40. The average Bonchev–Trinajstić information content (AvgIpc) is 3.23. The molecule has 0 fully saturated rings. The first-order valence-corrected chi connectivity index (χ1v) is 18.5. The smallest absolute Gasteiger partial charge is 0.142 e. The summed E-state index contributed by atoms with van der Waals surface area (Å²) in [6, 6.07) is 53.3. The molecular formula is C50H34N4. The molecule has 0 saturated heterocycles. The molecule has 54 heavy (non-hydrogen) atoms. The number of pyridine rings is 3. The maximum absolute atomic E-state index is 4.85. The van der Waals surface area contributed by atoms with Gasteiger partial charge >= 0.3 is 0 Å². The van der Waals surface area contributed by atoms with Crippen LogP contribution in [0.5, 0.6) is 0 Å².